The van der Waals surface area contributed by atoms with E-state index in [0.717, 1.165) is 12.0 Å². The third-order valence-electron chi connectivity index (χ3n) is 4.17. The van der Waals surface area contributed by atoms with Gasteiger partial charge in [-0.2, -0.15) is 0 Å². The van der Waals surface area contributed by atoms with Crippen LogP contribution in [0, 0.1) is 5.92 Å². The molecule has 0 amide bonds. The number of rotatable bonds is 0. The molecule has 0 saturated carbocycles. The standard InChI is InChI=1S/C13H19N/c1-10-6-7-11-4-2-8-14-9-3-5-12(10)13(11)14/h6-7,12-13H,2-5,8-9H2,1H3. The number of allylic oxidation sites excluding steroid dienone is 2. The van der Waals surface area contributed by atoms with E-state index < -0.39 is 0 Å². The van der Waals surface area contributed by atoms with Gasteiger partial charge in [-0.15, -0.1) is 0 Å². The average molecular weight is 189 g/mol. The Labute approximate surface area is 86.5 Å². The van der Waals surface area contributed by atoms with Crippen molar-refractivity contribution in [3.8, 4) is 0 Å². The maximum absolute atomic E-state index is 2.72. The van der Waals surface area contributed by atoms with Crippen molar-refractivity contribution < 1.29 is 0 Å². The zero-order chi connectivity index (χ0) is 9.54. The molecule has 0 aromatic heterocycles. The van der Waals surface area contributed by atoms with Crippen LogP contribution in [-0.4, -0.2) is 24.0 Å². The Kier molecular flexibility index (Phi) is 2.01. The molecule has 3 aliphatic rings. The highest BCUT2D eigenvalue weighted by Gasteiger charge is 2.37. The molecule has 2 aliphatic heterocycles. The molecular weight excluding hydrogens is 170 g/mol. The number of hydrogen-bond acceptors (Lipinski definition) is 1. The summed E-state index contributed by atoms with van der Waals surface area (Å²) < 4.78 is 0. The summed E-state index contributed by atoms with van der Waals surface area (Å²) in [6.07, 6.45) is 10.3. The molecule has 2 saturated heterocycles. The van der Waals surface area contributed by atoms with Crippen LogP contribution in [0.2, 0.25) is 0 Å². The SMILES string of the molecule is CC1=CC=C2CCCN3CCCC1C23. The second-order valence-electron chi connectivity index (χ2n) is 4.99. The second-order valence-corrected chi connectivity index (χ2v) is 4.99. The van der Waals surface area contributed by atoms with Gasteiger partial charge in [0.25, 0.3) is 0 Å². The lowest BCUT2D eigenvalue weighted by Crippen LogP contribution is -2.50. The molecule has 0 N–H and O–H groups in total. The molecule has 2 unspecified atom stereocenters. The molecule has 1 heteroatoms. The van der Waals surface area contributed by atoms with Crippen LogP contribution in [0.5, 0.6) is 0 Å². The van der Waals surface area contributed by atoms with Gasteiger partial charge >= 0.3 is 0 Å². The lowest BCUT2D eigenvalue weighted by atomic mass is 9.74. The van der Waals surface area contributed by atoms with Crippen LogP contribution < -0.4 is 0 Å². The monoisotopic (exact) mass is 189 g/mol. The van der Waals surface area contributed by atoms with Gasteiger partial charge in [0.2, 0.25) is 0 Å². The minimum absolute atomic E-state index is 0.794. The maximum atomic E-state index is 2.72. The summed E-state index contributed by atoms with van der Waals surface area (Å²) in [7, 11) is 0. The van der Waals surface area contributed by atoms with Crippen molar-refractivity contribution in [1.29, 1.82) is 0 Å². The van der Waals surface area contributed by atoms with Gasteiger partial charge in [-0.05, 0) is 51.6 Å². The van der Waals surface area contributed by atoms with Gasteiger partial charge in [-0.25, -0.2) is 0 Å². The number of piperidine rings is 2. The summed E-state index contributed by atoms with van der Waals surface area (Å²) in [4.78, 5) is 2.72. The minimum atomic E-state index is 0.794. The molecule has 76 valence electrons. The van der Waals surface area contributed by atoms with Gasteiger partial charge in [0.15, 0.2) is 0 Å². The van der Waals surface area contributed by atoms with Gasteiger partial charge in [0.1, 0.15) is 0 Å². The lowest BCUT2D eigenvalue weighted by Gasteiger charge is -2.47. The first kappa shape index (κ1) is 8.72. The van der Waals surface area contributed by atoms with Crippen LogP contribution in [0.25, 0.3) is 0 Å². The van der Waals surface area contributed by atoms with E-state index in [1.807, 2.05) is 0 Å². The first-order valence-corrected chi connectivity index (χ1v) is 5.97. The van der Waals surface area contributed by atoms with E-state index >= 15 is 0 Å². The second kappa shape index (κ2) is 3.23. The van der Waals surface area contributed by atoms with E-state index in [1.54, 1.807) is 11.1 Å². The molecule has 3 rings (SSSR count). The van der Waals surface area contributed by atoms with Crippen molar-refractivity contribution >= 4 is 0 Å². The smallest absolute Gasteiger partial charge is 0.0376 e. The number of nitrogens with zero attached hydrogens (tertiary/aromatic N) is 1. The van der Waals surface area contributed by atoms with Crippen LogP contribution in [0.3, 0.4) is 0 Å². The first-order chi connectivity index (χ1) is 6.86. The van der Waals surface area contributed by atoms with Crippen molar-refractivity contribution in [2.45, 2.75) is 38.6 Å². The summed E-state index contributed by atoms with van der Waals surface area (Å²) in [5.74, 6) is 0.851. The fraction of sp³-hybridized carbons (Fsp3) is 0.692. The van der Waals surface area contributed by atoms with Gasteiger partial charge in [-0.1, -0.05) is 23.3 Å². The van der Waals surface area contributed by atoms with Crippen LogP contribution >= 0.6 is 0 Å². The Morgan fingerprint density at radius 1 is 1.21 bits per heavy atom. The quantitative estimate of drug-likeness (QED) is 0.566. The van der Waals surface area contributed by atoms with Crippen molar-refractivity contribution in [2.24, 2.45) is 5.92 Å². The summed E-state index contributed by atoms with van der Waals surface area (Å²) in [5.41, 5.74) is 3.33. The predicted octanol–water partition coefficient (Wildman–Crippen LogP) is 2.75. The van der Waals surface area contributed by atoms with E-state index in [2.05, 4.69) is 24.0 Å². The zero-order valence-corrected chi connectivity index (χ0v) is 9.00. The highest BCUT2D eigenvalue weighted by molar-refractivity contribution is 5.33. The third kappa shape index (κ3) is 1.18. The molecule has 0 bridgehead atoms. The van der Waals surface area contributed by atoms with E-state index in [9.17, 15) is 0 Å². The van der Waals surface area contributed by atoms with E-state index in [0.29, 0.717) is 0 Å². The van der Waals surface area contributed by atoms with Crippen molar-refractivity contribution in [3.05, 3.63) is 23.3 Å². The van der Waals surface area contributed by atoms with Crippen LogP contribution in [-0.2, 0) is 0 Å². The fourth-order valence-electron chi connectivity index (χ4n) is 3.46. The van der Waals surface area contributed by atoms with E-state index in [-0.39, 0.29) is 0 Å². The third-order valence-corrected chi connectivity index (χ3v) is 4.17. The summed E-state index contributed by atoms with van der Waals surface area (Å²) in [5, 5.41) is 0. The summed E-state index contributed by atoms with van der Waals surface area (Å²) >= 11 is 0. The maximum Gasteiger partial charge on any atom is 0.0376 e. The highest BCUT2D eigenvalue weighted by Crippen LogP contribution is 2.40. The van der Waals surface area contributed by atoms with Gasteiger partial charge in [-0.3, -0.25) is 4.90 Å². The normalized spacial score (nSPS) is 37.2. The first-order valence-electron chi connectivity index (χ1n) is 5.97. The van der Waals surface area contributed by atoms with Gasteiger partial charge < -0.3 is 0 Å². The summed E-state index contributed by atoms with van der Waals surface area (Å²) in [6, 6.07) is 0.794. The Balaban J connectivity index is 1.98. The van der Waals surface area contributed by atoms with Gasteiger partial charge in [0.05, 0.1) is 0 Å². The zero-order valence-electron chi connectivity index (χ0n) is 9.00. The Morgan fingerprint density at radius 2 is 2.07 bits per heavy atom. The fourth-order valence-corrected chi connectivity index (χ4v) is 3.46. The molecule has 14 heavy (non-hydrogen) atoms. The molecule has 0 radical (unpaired) electrons. The molecular formula is C13H19N. The number of hydrogen-bond donors (Lipinski definition) is 0. The van der Waals surface area contributed by atoms with Crippen LogP contribution in [0.15, 0.2) is 23.3 Å². The van der Waals surface area contributed by atoms with Crippen LogP contribution in [0.4, 0.5) is 0 Å². The molecule has 1 nitrogen and oxygen atoms in total. The van der Waals surface area contributed by atoms with Crippen molar-refractivity contribution in [3.63, 3.8) is 0 Å². The average Bonchev–Trinajstić information content (AvgIpc) is 2.24. The minimum Gasteiger partial charge on any atom is -0.296 e. The highest BCUT2D eigenvalue weighted by atomic mass is 15.2. The molecule has 0 aromatic carbocycles. The Morgan fingerprint density at radius 3 is 3.00 bits per heavy atom. The molecule has 2 atom stereocenters. The largest absolute Gasteiger partial charge is 0.296 e. The predicted molar refractivity (Wildman–Crippen MR) is 59.2 cm³/mol. The topological polar surface area (TPSA) is 3.24 Å². The molecule has 1 aliphatic carbocycles. The van der Waals surface area contributed by atoms with Crippen molar-refractivity contribution in [1.82, 2.24) is 4.90 Å². The molecule has 0 aromatic rings. The Bertz CT molecular complexity index is 298. The van der Waals surface area contributed by atoms with Gasteiger partial charge in [0, 0.05) is 6.04 Å². The lowest BCUT2D eigenvalue weighted by molar-refractivity contribution is 0.109. The molecule has 2 heterocycles. The molecule has 0 spiro atoms. The molecule has 2 fully saturated rings. The summed E-state index contributed by atoms with van der Waals surface area (Å²) in [6.45, 7) is 4.99. The van der Waals surface area contributed by atoms with Crippen molar-refractivity contribution in [2.75, 3.05) is 13.1 Å². The Hall–Kier alpha value is -0.560. The van der Waals surface area contributed by atoms with Crippen LogP contribution in [0.1, 0.15) is 32.6 Å². The van der Waals surface area contributed by atoms with E-state index in [4.69, 9.17) is 0 Å². The van der Waals surface area contributed by atoms with E-state index in [1.165, 1.54) is 38.8 Å².